The topological polar surface area (TPSA) is 57.5 Å². The van der Waals surface area contributed by atoms with E-state index in [4.69, 9.17) is 10.2 Å². The van der Waals surface area contributed by atoms with Crippen molar-refractivity contribution in [2.45, 2.75) is 31.5 Å². The van der Waals surface area contributed by atoms with Crippen LogP contribution in [0.15, 0.2) is 0 Å². The van der Waals surface area contributed by atoms with E-state index in [1.165, 1.54) is 0 Å². The Kier molecular flexibility index (Phi) is 6.97. The van der Waals surface area contributed by atoms with Gasteiger partial charge < -0.3 is 10.2 Å². The van der Waals surface area contributed by atoms with E-state index in [-0.39, 0.29) is 12.4 Å². The number of hydrogen-bond donors (Lipinski definition) is 2. The lowest BCUT2D eigenvalue weighted by molar-refractivity contribution is -0.146. The van der Waals surface area contributed by atoms with E-state index in [0.717, 1.165) is 0 Å². The number of aliphatic hydroxyl groups excluding tert-OH is 1. The quantitative estimate of drug-likeness (QED) is 0.759. The smallest absolute Gasteiger partial charge is 0.389 e. The van der Waals surface area contributed by atoms with Gasteiger partial charge in [0.1, 0.15) is 0 Å². The van der Waals surface area contributed by atoms with Crippen molar-refractivity contribution in [2.75, 3.05) is 0 Å². The summed E-state index contributed by atoms with van der Waals surface area (Å²) in [7, 11) is 0. The fourth-order valence-electron chi connectivity index (χ4n) is 0.634. The molecule has 0 saturated carbocycles. The molecule has 13 heavy (non-hydrogen) atoms. The fraction of sp³-hybridized carbons (Fsp3) is 0.833. The highest BCUT2D eigenvalue weighted by molar-refractivity contribution is 5.85. The molecular weight excluding hydrogens is 213 g/mol. The second-order valence-electron chi connectivity index (χ2n) is 2.41. The third kappa shape index (κ3) is 11.5. The lowest BCUT2D eigenvalue weighted by Gasteiger charge is -2.09. The average Bonchev–Trinajstić information content (AvgIpc) is 1.80. The number of rotatable bonds is 4. The normalized spacial score (nSPS) is 13.2. The predicted octanol–water partition coefficient (Wildman–Crippen LogP) is 1.59. The first kappa shape index (κ1) is 15.0. The van der Waals surface area contributed by atoms with Crippen LogP contribution in [0.4, 0.5) is 13.2 Å². The third-order valence-corrected chi connectivity index (χ3v) is 1.17. The molecule has 2 N–H and O–H groups in total. The van der Waals surface area contributed by atoms with Gasteiger partial charge in [0.05, 0.1) is 12.5 Å². The van der Waals surface area contributed by atoms with Crippen LogP contribution in [0, 0.1) is 0 Å². The van der Waals surface area contributed by atoms with Crippen LogP contribution in [0.1, 0.15) is 19.3 Å². The molecule has 80 valence electrons. The second kappa shape index (κ2) is 6.04. The lowest BCUT2D eigenvalue weighted by atomic mass is 10.1. The number of alkyl halides is 3. The van der Waals surface area contributed by atoms with Crippen LogP contribution in [-0.4, -0.2) is 28.5 Å². The molecule has 3 nitrogen and oxygen atoms in total. The van der Waals surface area contributed by atoms with Gasteiger partial charge in [0.25, 0.3) is 0 Å². The third-order valence-electron chi connectivity index (χ3n) is 1.17. The van der Waals surface area contributed by atoms with Crippen LogP contribution in [0.3, 0.4) is 0 Å². The Hall–Kier alpha value is -0.490. The molecule has 1 atom stereocenters. The first-order valence-corrected chi connectivity index (χ1v) is 3.28. The number of aliphatic carboxylic acids is 1. The molecular formula is C6H10ClF3O3. The minimum Gasteiger partial charge on any atom is -0.481 e. The van der Waals surface area contributed by atoms with E-state index in [9.17, 15) is 18.0 Å². The summed E-state index contributed by atoms with van der Waals surface area (Å²) in [6, 6.07) is 0. The summed E-state index contributed by atoms with van der Waals surface area (Å²) < 4.78 is 34.5. The summed E-state index contributed by atoms with van der Waals surface area (Å²) in [6.07, 6.45) is -8.10. The Labute approximate surface area is 79.0 Å². The van der Waals surface area contributed by atoms with Crippen molar-refractivity contribution in [3.8, 4) is 0 Å². The zero-order valence-electron chi connectivity index (χ0n) is 6.54. The maximum atomic E-state index is 11.5. The van der Waals surface area contributed by atoms with Crippen molar-refractivity contribution in [3.63, 3.8) is 0 Å². The van der Waals surface area contributed by atoms with Crippen LogP contribution in [0.5, 0.6) is 0 Å². The standard InChI is InChI=1S/C6H9F3O3.ClH/c7-6(8,9)2-1-4(10)3-5(11)12;/h4,10H,1-3H2,(H,11,12);1H. The molecule has 0 saturated heterocycles. The SMILES string of the molecule is Cl.O=C(O)CC(O)CCC(F)(F)F. The summed E-state index contributed by atoms with van der Waals surface area (Å²) in [6.45, 7) is 0. The minimum atomic E-state index is -4.33. The van der Waals surface area contributed by atoms with Crippen LogP contribution in [0.2, 0.25) is 0 Å². The second-order valence-corrected chi connectivity index (χ2v) is 2.41. The lowest BCUT2D eigenvalue weighted by Crippen LogP contribution is -2.17. The molecule has 0 aliphatic rings. The van der Waals surface area contributed by atoms with Crippen LogP contribution >= 0.6 is 12.4 Å². The summed E-state index contributed by atoms with van der Waals surface area (Å²) in [5.41, 5.74) is 0. The minimum absolute atomic E-state index is 0. The largest absolute Gasteiger partial charge is 0.481 e. The molecule has 0 aliphatic heterocycles. The Bertz CT molecular complexity index is 160. The van der Waals surface area contributed by atoms with Crippen molar-refractivity contribution >= 4 is 18.4 Å². The molecule has 0 spiro atoms. The Morgan fingerprint density at radius 2 is 1.85 bits per heavy atom. The molecule has 0 fully saturated rings. The van der Waals surface area contributed by atoms with E-state index in [1.807, 2.05) is 0 Å². The highest BCUT2D eigenvalue weighted by Gasteiger charge is 2.28. The molecule has 0 aliphatic carbocycles. The van der Waals surface area contributed by atoms with E-state index < -0.39 is 37.5 Å². The zero-order valence-corrected chi connectivity index (χ0v) is 7.36. The van der Waals surface area contributed by atoms with Crippen molar-refractivity contribution < 1.29 is 28.2 Å². The van der Waals surface area contributed by atoms with E-state index in [2.05, 4.69) is 0 Å². The molecule has 7 heteroatoms. The molecule has 0 radical (unpaired) electrons. The van der Waals surface area contributed by atoms with E-state index in [1.54, 1.807) is 0 Å². The maximum Gasteiger partial charge on any atom is 0.389 e. The highest BCUT2D eigenvalue weighted by atomic mass is 35.5. The summed E-state index contributed by atoms with van der Waals surface area (Å²) >= 11 is 0. The monoisotopic (exact) mass is 222 g/mol. The van der Waals surface area contributed by atoms with Crippen molar-refractivity contribution in [2.24, 2.45) is 0 Å². The number of halogens is 4. The summed E-state index contributed by atoms with van der Waals surface area (Å²) in [4.78, 5) is 9.89. The van der Waals surface area contributed by atoms with Gasteiger partial charge in [-0.25, -0.2) is 0 Å². The van der Waals surface area contributed by atoms with Gasteiger partial charge in [0, 0.05) is 6.42 Å². The van der Waals surface area contributed by atoms with Gasteiger partial charge in [-0.1, -0.05) is 0 Å². The van der Waals surface area contributed by atoms with Crippen LogP contribution in [-0.2, 0) is 4.79 Å². The van der Waals surface area contributed by atoms with Crippen molar-refractivity contribution in [1.29, 1.82) is 0 Å². The molecule has 0 aromatic carbocycles. The van der Waals surface area contributed by atoms with E-state index >= 15 is 0 Å². The van der Waals surface area contributed by atoms with Gasteiger partial charge >= 0.3 is 12.1 Å². The fourth-order valence-corrected chi connectivity index (χ4v) is 0.634. The van der Waals surface area contributed by atoms with Crippen LogP contribution in [0.25, 0.3) is 0 Å². The molecule has 0 aromatic rings. The van der Waals surface area contributed by atoms with Gasteiger partial charge in [-0.05, 0) is 6.42 Å². The molecule has 1 unspecified atom stereocenters. The molecule has 0 amide bonds. The van der Waals surface area contributed by atoms with Gasteiger partial charge in [-0.3, -0.25) is 4.79 Å². The molecule has 0 bridgehead atoms. The van der Waals surface area contributed by atoms with Gasteiger partial charge in [-0.15, -0.1) is 12.4 Å². The number of hydrogen-bond acceptors (Lipinski definition) is 2. The Morgan fingerprint density at radius 1 is 1.38 bits per heavy atom. The average molecular weight is 223 g/mol. The number of carbonyl (C=O) groups is 1. The Balaban J connectivity index is 0. The van der Waals surface area contributed by atoms with E-state index in [0.29, 0.717) is 0 Å². The first-order chi connectivity index (χ1) is 5.31. The van der Waals surface area contributed by atoms with Gasteiger partial charge in [-0.2, -0.15) is 13.2 Å². The highest BCUT2D eigenvalue weighted by Crippen LogP contribution is 2.22. The Morgan fingerprint density at radius 3 is 2.15 bits per heavy atom. The summed E-state index contributed by atoms with van der Waals surface area (Å²) in [5.74, 6) is -1.30. The van der Waals surface area contributed by atoms with Gasteiger partial charge in [0.2, 0.25) is 0 Å². The number of aliphatic hydroxyl groups is 1. The van der Waals surface area contributed by atoms with Gasteiger partial charge in [0.15, 0.2) is 0 Å². The van der Waals surface area contributed by atoms with Crippen LogP contribution < -0.4 is 0 Å². The number of carboxylic acid groups (broad SMARTS) is 1. The first-order valence-electron chi connectivity index (χ1n) is 3.28. The molecule has 0 aromatic heterocycles. The molecule has 0 heterocycles. The van der Waals surface area contributed by atoms with Crippen molar-refractivity contribution in [1.82, 2.24) is 0 Å². The van der Waals surface area contributed by atoms with Crippen molar-refractivity contribution in [3.05, 3.63) is 0 Å². The predicted molar refractivity (Wildman–Crippen MR) is 40.8 cm³/mol. The maximum absolute atomic E-state index is 11.5. The summed E-state index contributed by atoms with van der Waals surface area (Å²) in [5, 5.41) is 16.8. The molecule has 0 rings (SSSR count). The zero-order chi connectivity index (χ0) is 9.78. The number of carboxylic acids is 1.